The van der Waals surface area contributed by atoms with Gasteiger partial charge in [-0.25, -0.2) is 13.2 Å². The van der Waals surface area contributed by atoms with Gasteiger partial charge in [0.2, 0.25) is 0 Å². The standard InChI is InChI=1S/C30H35F3O3/c1-17(34)36-21-10-12-29(2)19(15-21)5-6-22-23-7-8-25(30(23,3)13-11-24(22)29)27(35)9-4-18-14-20(31)16-26(32)28(18)33/h4-5,9,14,16,21-25H,6-8,10-13,15H2,1-3H3/b9-4+/t21-,22?,23?,24?,25?,29-,30-/m0/s1. The highest BCUT2D eigenvalue weighted by atomic mass is 19.2. The molecule has 3 fully saturated rings. The minimum absolute atomic E-state index is 0.0242. The zero-order valence-electron chi connectivity index (χ0n) is 21.3. The maximum absolute atomic E-state index is 14.1. The van der Waals surface area contributed by atoms with Crippen LogP contribution in [-0.4, -0.2) is 17.9 Å². The summed E-state index contributed by atoms with van der Waals surface area (Å²) in [5, 5.41) is 0. The van der Waals surface area contributed by atoms with E-state index in [1.807, 2.05) is 0 Å². The van der Waals surface area contributed by atoms with E-state index in [-0.39, 0.29) is 40.2 Å². The molecule has 194 valence electrons. The summed E-state index contributed by atoms with van der Waals surface area (Å²) in [7, 11) is 0. The molecule has 0 spiro atoms. The van der Waals surface area contributed by atoms with Gasteiger partial charge in [0, 0.05) is 30.9 Å². The predicted octanol–water partition coefficient (Wildman–Crippen LogP) is 7.20. The highest BCUT2D eigenvalue weighted by Gasteiger charge is 2.59. The van der Waals surface area contributed by atoms with Crippen LogP contribution < -0.4 is 0 Å². The Kier molecular flexibility index (Phi) is 6.45. The monoisotopic (exact) mass is 500 g/mol. The van der Waals surface area contributed by atoms with Crippen molar-refractivity contribution in [2.75, 3.05) is 0 Å². The first kappa shape index (κ1) is 25.3. The van der Waals surface area contributed by atoms with E-state index < -0.39 is 17.5 Å². The van der Waals surface area contributed by atoms with Gasteiger partial charge in [-0.2, -0.15) is 0 Å². The fourth-order valence-electron chi connectivity index (χ4n) is 8.42. The van der Waals surface area contributed by atoms with Crippen LogP contribution >= 0.6 is 0 Å². The summed E-state index contributed by atoms with van der Waals surface area (Å²) in [6.45, 7) is 6.09. The molecule has 4 aliphatic rings. The summed E-state index contributed by atoms with van der Waals surface area (Å²) < 4.78 is 46.7. The number of benzene rings is 1. The molecular formula is C30H35F3O3. The molecule has 3 saturated carbocycles. The molecule has 0 aromatic heterocycles. The van der Waals surface area contributed by atoms with E-state index in [0.29, 0.717) is 23.8 Å². The molecule has 0 aliphatic heterocycles. The third-order valence-electron chi connectivity index (χ3n) is 10.2. The van der Waals surface area contributed by atoms with Crippen LogP contribution in [0, 0.1) is 52.0 Å². The number of esters is 1. The molecule has 0 radical (unpaired) electrons. The molecular weight excluding hydrogens is 465 g/mol. The first-order valence-corrected chi connectivity index (χ1v) is 13.3. The van der Waals surface area contributed by atoms with Crippen molar-refractivity contribution in [2.45, 2.75) is 78.2 Å². The molecule has 0 saturated heterocycles. The highest BCUT2D eigenvalue weighted by Crippen LogP contribution is 2.66. The zero-order valence-corrected chi connectivity index (χ0v) is 21.3. The van der Waals surface area contributed by atoms with Gasteiger partial charge >= 0.3 is 5.97 Å². The number of hydrogen-bond donors (Lipinski definition) is 0. The van der Waals surface area contributed by atoms with Gasteiger partial charge in [0.25, 0.3) is 0 Å². The van der Waals surface area contributed by atoms with Crippen molar-refractivity contribution in [3.63, 3.8) is 0 Å². The summed E-state index contributed by atoms with van der Waals surface area (Å²) in [4.78, 5) is 24.8. The average molecular weight is 501 g/mol. The number of allylic oxidation sites excluding steroid dienone is 2. The van der Waals surface area contributed by atoms with Crippen molar-refractivity contribution >= 4 is 17.8 Å². The largest absolute Gasteiger partial charge is 0.462 e. The average Bonchev–Trinajstić information content (AvgIpc) is 3.17. The van der Waals surface area contributed by atoms with E-state index >= 15 is 0 Å². The van der Waals surface area contributed by atoms with Crippen molar-refractivity contribution in [2.24, 2.45) is 34.5 Å². The first-order valence-electron chi connectivity index (χ1n) is 13.3. The summed E-state index contributed by atoms with van der Waals surface area (Å²) in [6.07, 6.45) is 12.4. The van der Waals surface area contributed by atoms with Crippen molar-refractivity contribution in [3.05, 3.63) is 52.9 Å². The molecule has 3 nitrogen and oxygen atoms in total. The summed E-state index contributed by atoms with van der Waals surface area (Å²) >= 11 is 0. The molecule has 1 aromatic rings. The maximum Gasteiger partial charge on any atom is 0.302 e. The van der Waals surface area contributed by atoms with E-state index in [1.54, 1.807) is 0 Å². The van der Waals surface area contributed by atoms with E-state index in [4.69, 9.17) is 4.74 Å². The van der Waals surface area contributed by atoms with Crippen molar-refractivity contribution in [1.82, 2.24) is 0 Å². The first-order chi connectivity index (χ1) is 17.0. The second kappa shape index (κ2) is 9.18. The van der Waals surface area contributed by atoms with E-state index in [2.05, 4.69) is 19.9 Å². The molecule has 0 amide bonds. The Hall–Kier alpha value is -2.37. The quantitative estimate of drug-likeness (QED) is 0.190. The molecule has 6 heteroatoms. The number of carbonyl (C=O) groups excluding carboxylic acids is 2. The van der Waals surface area contributed by atoms with Gasteiger partial charge in [0.15, 0.2) is 17.4 Å². The Labute approximate surface area is 211 Å². The Bertz CT molecular complexity index is 1140. The summed E-state index contributed by atoms with van der Waals surface area (Å²) in [5.41, 5.74) is 1.17. The van der Waals surface area contributed by atoms with Gasteiger partial charge in [-0.15, -0.1) is 0 Å². The molecule has 0 heterocycles. The number of fused-ring (bicyclic) bond motifs is 5. The van der Waals surface area contributed by atoms with E-state index in [1.165, 1.54) is 24.6 Å². The van der Waals surface area contributed by atoms with Crippen molar-refractivity contribution < 1.29 is 27.5 Å². The molecule has 4 aliphatic carbocycles. The molecule has 0 N–H and O–H groups in total. The van der Waals surface area contributed by atoms with Gasteiger partial charge in [-0.3, -0.25) is 9.59 Å². The van der Waals surface area contributed by atoms with Crippen molar-refractivity contribution in [1.29, 1.82) is 0 Å². The third kappa shape index (κ3) is 4.14. The number of ketones is 1. The van der Waals surface area contributed by atoms with Crippen LogP contribution in [0.5, 0.6) is 0 Å². The summed E-state index contributed by atoms with van der Waals surface area (Å²) in [6, 6.07) is 1.41. The third-order valence-corrected chi connectivity index (χ3v) is 10.2. The molecule has 7 atom stereocenters. The van der Waals surface area contributed by atoms with Gasteiger partial charge in [0.1, 0.15) is 11.9 Å². The maximum atomic E-state index is 14.1. The van der Waals surface area contributed by atoms with Crippen LogP contribution in [0.15, 0.2) is 29.9 Å². The van der Waals surface area contributed by atoms with Crippen molar-refractivity contribution in [3.8, 4) is 0 Å². The van der Waals surface area contributed by atoms with Crippen LogP contribution in [0.3, 0.4) is 0 Å². The van der Waals surface area contributed by atoms with E-state index in [0.717, 1.165) is 57.4 Å². The highest BCUT2D eigenvalue weighted by molar-refractivity contribution is 5.96. The van der Waals surface area contributed by atoms with Crippen LogP contribution in [0.4, 0.5) is 13.2 Å². The SMILES string of the molecule is CC(=O)O[C@H]1CC[C@@]2(C)C(=CCC3C4CCC(C(=O)/C=C/c5cc(F)cc(F)c5F)[C@@]4(C)CCC32)C1. The lowest BCUT2D eigenvalue weighted by Gasteiger charge is -2.58. The van der Waals surface area contributed by atoms with E-state index in [9.17, 15) is 22.8 Å². The number of ether oxygens (including phenoxy) is 1. The number of hydrogen-bond acceptors (Lipinski definition) is 3. The van der Waals surface area contributed by atoms with Crippen LogP contribution in [0.1, 0.15) is 77.7 Å². The van der Waals surface area contributed by atoms with Gasteiger partial charge in [0.05, 0.1) is 0 Å². The minimum atomic E-state index is -1.26. The fourth-order valence-corrected chi connectivity index (χ4v) is 8.42. The predicted molar refractivity (Wildman–Crippen MR) is 131 cm³/mol. The van der Waals surface area contributed by atoms with Gasteiger partial charge in [-0.1, -0.05) is 25.5 Å². The lowest BCUT2D eigenvalue weighted by Crippen LogP contribution is -2.51. The Morgan fingerprint density at radius 2 is 1.81 bits per heavy atom. The number of carbonyl (C=O) groups is 2. The van der Waals surface area contributed by atoms with Gasteiger partial charge < -0.3 is 4.74 Å². The minimum Gasteiger partial charge on any atom is -0.462 e. The summed E-state index contributed by atoms with van der Waals surface area (Å²) in [5.74, 6) is -2.22. The molecule has 4 unspecified atom stereocenters. The Morgan fingerprint density at radius 3 is 2.56 bits per heavy atom. The van der Waals surface area contributed by atoms with Crippen LogP contribution in [-0.2, 0) is 14.3 Å². The Morgan fingerprint density at radius 1 is 1.03 bits per heavy atom. The lowest BCUT2D eigenvalue weighted by atomic mass is 9.47. The van der Waals surface area contributed by atoms with Crippen LogP contribution in [0.25, 0.3) is 6.08 Å². The Balaban J connectivity index is 1.34. The zero-order chi connectivity index (χ0) is 25.8. The topological polar surface area (TPSA) is 43.4 Å². The number of halogens is 3. The van der Waals surface area contributed by atoms with Gasteiger partial charge in [-0.05, 0) is 91.7 Å². The molecule has 36 heavy (non-hydrogen) atoms. The lowest BCUT2D eigenvalue weighted by molar-refractivity contribution is -0.149. The second-order valence-corrected chi connectivity index (χ2v) is 11.9. The normalized spacial score (nSPS) is 37.6. The molecule has 5 rings (SSSR count). The number of rotatable bonds is 4. The molecule has 0 bridgehead atoms. The smallest absolute Gasteiger partial charge is 0.302 e. The molecule has 1 aromatic carbocycles. The fraction of sp³-hybridized carbons (Fsp3) is 0.600. The second-order valence-electron chi connectivity index (χ2n) is 11.9. The van der Waals surface area contributed by atoms with Crippen LogP contribution in [0.2, 0.25) is 0 Å².